The predicted molar refractivity (Wildman–Crippen MR) is 122 cm³/mol. The number of benzene rings is 2. The fourth-order valence-corrected chi connectivity index (χ4v) is 3.50. The first kappa shape index (κ1) is 22.9. The zero-order valence-corrected chi connectivity index (χ0v) is 19.6. The van der Waals surface area contributed by atoms with Crippen LogP contribution in [-0.4, -0.2) is 29.9 Å². The van der Waals surface area contributed by atoms with Gasteiger partial charge in [-0.15, -0.1) is 0 Å². The lowest BCUT2D eigenvalue weighted by Gasteiger charge is -2.32. The molecule has 0 atom stereocenters. The second-order valence-electron chi connectivity index (χ2n) is 9.78. The Kier molecular flexibility index (Phi) is 6.12. The number of rotatable bonds is 4. The van der Waals surface area contributed by atoms with Crippen LogP contribution in [0.4, 0.5) is 0 Å². The summed E-state index contributed by atoms with van der Waals surface area (Å²) in [6.07, 6.45) is 0.249. The van der Waals surface area contributed by atoms with Crippen molar-refractivity contribution in [1.82, 2.24) is 0 Å². The van der Waals surface area contributed by atoms with E-state index in [0.29, 0.717) is 5.02 Å². The molecule has 0 bridgehead atoms. The van der Waals surface area contributed by atoms with E-state index >= 15 is 0 Å². The molecule has 0 aliphatic carbocycles. The SMILES string of the molecule is CC(C)(C)OC(=O)Cc1ccc(-c2ccc(B3OC(C)(C)C(C)(C)O3)c(Cl)c2)cc1. The molecular formula is C24H30BClO4. The first-order valence-corrected chi connectivity index (χ1v) is 10.6. The van der Waals surface area contributed by atoms with E-state index in [4.69, 9.17) is 25.6 Å². The highest BCUT2D eigenvalue weighted by molar-refractivity contribution is 6.65. The zero-order valence-electron chi connectivity index (χ0n) is 18.8. The molecule has 0 saturated carbocycles. The van der Waals surface area contributed by atoms with Gasteiger partial charge in [0.25, 0.3) is 0 Å². The lowest BCUT2D eigenvalue weighted by atomic mass is 9.78. The highest BCUT2D eigenvalue weighted by Gasteiger charge is 2.52. The average molecular weight is 429 g/mol. The highest BCUT2D eigenvalue weighted by atomic mass is 35.5. The lowest BCUT2D eigenvalue weighted by Crippen LogP contribution is -2.41. The molecule has 2 aromatic carbocycles. The molecule has 3 rings (SSSR count). The van der Waals surface area contributed by atoms with Gasteiger partial charge in [0.1, 0.15) is 5.60 Å². The van der Waals surface area contributed by atoms with Crippen LogP contribution in [0.5, 0.6) is 0 Å². The minimum Gasteiger partial charge on any atom is -0.460 e. The van der Waals surface area contributed by atoms with Crippen molar-refractivity contribution in [3.8, 4) is 11.1 Å². The van der Waals surface area contributed by atoms with Gasteiger partial charge in [-0.1, -0.05) is 48.0 Å². The summed E-state index contributed by atoms with van der Waals surface area (Å²) >= 11 is 6.59. The predicted octanol–water partition coefficient (Wildman–Crippen LogP) is 5.19. The summed E-state index contributed by atoms with van der Waals surface area (Å²) < 4.78 is 17.6. The molecule has 2 aromatic rings. The van der Waals surface area contributed by atoms with Gasteiger partial charge >= 0.3 is 13.1 Å². The third-order valence-corrected chi connectivity index (χ3v) is 5.89. The van der Waals surface area contributed by atoms with Crippen LogP contribution in [-0.2, 0) is 25.3 Å². The monoisotopic (exact) mass is 428 g/mol. The fraction of sp³-hybridized carbons (Fsp3) is 0.458. The van der Waals surface area contributed by atoms with Crippen LogP contribution in [0.25, 0.3) is 11.1 Å². The normalized spacial score (nSPS) is 17.8. The van der Waals surface area contributed by atoms with Crippen LogP contribution in [0.3, 0.4) is 0 Å². The van der Waals surface area contributed by atoms with Gasteiger partial charge in [-0.3, -0.25) is 4.79 Å². The summed E-state index contributed by atoms with van der Waals surface area (Å²) in [6, 6.07) is 13.7. The molecule has 0 radical (unpaired) electrons. The van der Waals surface area contributed by atoms with Gasteiger partial charge in [-0.25, -0.2) is 0 Å². The molecular weight excluding hydrogens is 399 g/mol. The molecule has 0 amide bonds. The van der Waals surface area contributed by atoms with Crippen molar-refractivity contribution in [2.45, 2.75) is 71.7 Å². The first-order chi connectivity index (χ1) is 13.8. The minimum atomic E-state index is -0.493. The number of halogens is 1. The number of carbonyl (C=O) groups is 1. The quantitative estimate of drug-likeness (QED) is 0.496. The molecule has 1 aliphatic heterocycles. The second kappa shape index (κ2) is 8.03. The summed E-state index contributed by atoms with van der Waals surface area (Å²) in [5.41, 5.74) is 2.43. The van der Waals surface area contributed by atoms with E-state index in [0.717, 1.165) is 22.2 Å². The molecule has 1 aliphatic rings. The van der Waals surface area contributed by atoms with Gasteiger partial charge in [0, 0.05) is 10.5 Å². The van der Waals surface area contributed by atoms with Gasteiger partial charge in [0.05, 0.1) is 17.6 Å². The maximum atomic E-state index is 12.0. The van der Waals surface area contributed by atoms with Crippen molar-refractivity contribution in [3.63, 3.8) is 0 Å². The number of hydrogen-bond acceptors (Lipinski definition) is 4. The molecule has 30 heavy (non-hydrogen) atoms. The van der Waals surface area contributed by atoms with Gasteiger partial charge < -0.3 is 14.0 Å². The van der Waals surface area contributed by atoms with E-state index in [1.54, 1.807) is 0 Å². The Morgan fingerprint density at radius 1 is 0.967 bits per heavy atom. The van der Waals surface area contributed by atoms with Crippen LogP contribution in [0.2, 0.25) is 5.02 Å². The van der Waals surface area contributed by atoms with E-state index in [-0.39, 0.29) is 12.4 Å². The molecule has 0 unspecified atom stereocenters. The molecule has 1 heterocycles. The van der Waals surface area contributed by atoms with Crippen molar-refractivity contribution in [2.24, 2.45) is 0 Å². The van der Waals surface area contributed by atoms with Gasteiger partial charge in [0.15, 0.2) is 0 Å². The van der Waals surface area contributed by atoms with Crippen molar-refractivity contribution >= 4 is 30.2 Å². The van der Waals surface area contributed by atoms with Crippen molar-refractivity contribution < 1.29 is 18.8 Å². The molecule has 0 N–H and O–H groups in total. The highest BCUT2D eigenvalue weighted by Crippen LogP contribution is 2.37. The van der Waals surface area contributed by atoms with Gasteiger partial charge in [-0.2, -0.15) is 0 Å². The number of ether oxygens (including phenoxy) is 1. The van der Waals surface area contributed by atoms with Crippen LogP contribution in [0.1, 0.15) is 54.0 Å². The molecule has 1 saturated heterocycles. The Hall–Kier alpha value is -1.82. The lowest BCUT2D eigenvalue weighted by molar-refractivity contribution is -0.153. The van der Waals surface area contributed by atoms with Crippen LogP contribution < -0.4 is 5.46 Å². The van der Waals surface area contributed by atoms with Crippen LogP contribution in [0.15, 0.2) is 42.5 Å². The summed E-state index contributed by atoms with van der Waals surface area (Å²) in [4.78, 5) is 12.0. The largest absolute Gasteiger partial charge is 0.496 e. The maximum absolute atomic E-state index is 12.0. The molecule has 6 heteroatoms. The summed E-state index contributed by atoms with van der Waals surface area (Å²) in [6.45, 7) is 13.7. The summed E-state index contributed by atoms with van der Waals surface area (Å²) in [5, 5.41) is 0.601. The Balaban J connectivity index is 1.73. The molecule has 1 fully saturated rings. The molecule has 0 aromatic heterocycles. The third-order valence-electron chi connectivity index (χ3n) is 5.56. The fourth-order valence-electron chi connectivity index (χ4n) is 3.23. The number of carbonyl (C=O) groups excluding carboxylic acids is 1. The molecule has 0 spiro atoms. The van der Waals surface area contributed by atoms with Crippen LogP contribution >= 0.6 is 11.6 Å². The van der Waals surface area contributed by atoms with E-state index in [9.17, 15) is 4.79 Å². The van der Waals surface area contributed by atoms with Gasteiger partial charge in [0.2, 0.25) is 0 Å². The Morgan fingerprint density at radius 2 is 1.50 bits per heavy atom. The maximum Gasteiger partial charge on any atom is 0.496 e. The van der Waals surface area contributed by atoms with Crippen molar-refractivity contribution in [2.75, 3.05) is 0 Å². The minimum absolute atomic E-state index is 0.231. The summed E-state index contributed by atoms with van der Waals surface area (Å²) in [5.74, 6) is -0.231. The van der Waals surface area contributed by atoms with E-state index in [1.165, 1.54) is 0 Å². The van der Waals surface area contributed by atoms with Crippen LogP contribution in [0, 0.1) is 0 Å². The number of esters is 1. The average Bonchev–Trinajstić information content (AvgIpc) is 2.81. The standard InChI is InChI=1S/C24H30BClO4/c1-22(2,3)28-21(27)14-16-8-10-17(11-9-16)18-12-13-19(20(26)15-18)25-29-23(4,5)24(6,7)30-25/h8-13,15H,14H2,1-7H3. The zero-order chi connectivity index (χ0) is 22.3. The van der Waals surface area contributed by atoms with Crippen molar-refractivity contribution in [1.29, 1.82) is 0 Å². The Morgan fingerprint density at radius 3 is 2.00 bits per heavy atom. The second-order valence-corrected chi connectivity index (χ2v) is 10.2. The first-order valence-electron chi connectivity index (χ1n) is 10.2. The van der Waals surface area contributed by atoms with E-state index < -0.39 is 23.9 Å². The number of hydrogen-bond donors (Lipinski definition) is 0. The van der Waals surface area contributed by atoms with E-state index in [1.807, 2.05) is 90.9 Å². The smallest absolute Gasteiger partial charge is 0.460 e. The summed E-state index contributed by atoms with van der Waals surface area (Å²) in [7, 11) is -0.493. The molecule has 160 valence electrons. The van der Waals surface area contributed by atoms with E-state index in [2.05, 4.69) is 0 Å². The van der Waals surface area contributed by atoms with Gasteiger partial charge in [-0.05, 0) is 71.2 Å². The topological polar surface area (TPSA) is 44.8 Å². The Labute approximate surface area is 185 Å². The van der Waals surface area contributed by atoms with Crippen molar-refractivity contribution in [3.05, 3.63) is 53.1 Å². The molecule has 4 nitrogen and oxygen atoms in total. The Bertz CT molecular complexity index is 913. The third kappa shape index (κ3) is 5.08.